The van der Waals surface area contributed by atoms with Crippen LogP contribution in [0.4, 0.5) is 0 Å². The lowest BCUT2D eigenvalue weighted by Crippen LogP contribution is -2.34. The molecule has 94 valence electrons. The Labute approximate surface area is 107 Å². The van der Waals surface area contributed by atoms with Crippen molar-refractivity contribution in [2.45, 2.75) is 13.0 Å². The molecular weight excluding hydrogens is 232 g/mol. The molecule has 0 aliphatic carbocycles. The standard InChI is InChI=1S/C12H20N4S/c1-15(2)12(13)14-5-7-16-6-3-11-10(9-16)4-8-17-11/h4,8H,3,5-7,9H2,1-2H3,(H2,13,14). The summed E-state index contributed by atoms with van der Waals surface area (Å²) in [5.74, 6) is 0.609. The number of rotatable bonds is 3. The van der Waals surface area contributed by atoms with Crippen LogP contribution < -0.4 is 5.73 Å². The van der Waals surface area contributed by atoms with Gasteiger partial charge in [-0.05, 0) is 23.4 Å². The minimum Gasteiger partial charge on any atom is -0.370 e. The molecule has 0 spiro atoms. The summed E-state index contributed by atoms with van der Waals surface area (Å²) in [4.78, 5) is 10.2. The molecule has 0 amide bonds. The van der Waals surface area contributed by atoms with E-state index < -0.39 is 0 Å². The van der Waals surface area contributed by atoms with Gasteiger partial charge in [0.2, 0.25) is 0 Å². The van der Waals surface area contributed by atoms with Gasteiger partial charge in [0.15, 0.2) is 5.96 Å². The third-order valence-corrected chi connectivity index (χ3v) is 4.06. The highest BCUT2D eigenvalue weighted by Gasteiger charge is 2.16. The predicted molar refractivity (Wildman–Crippen MR) is 73.5 cm³/mol. The van der Waals surface area contributed by atoms with Gasteiger partial charge in [0.05, 0.1) is 6.54 Å². The van der Waals surface area contributed by atoms with Crippen LogP contribution in [0.25, 0.3) is 0 Å². The number of nitrogens with zero attached hydrogens (tertiary/aromatic N) is 3. The molecule has 0 saturated heterocycles. The van der Waals surface area contributed by atoms with Crippen molar-refractivity contribution in [1.29, 1.82) is 0 Å². The van der Waals surface area contributed by atoms with Gasteiger partial charge in [0.1, 0.15) is 0 Å². The van der Waals surface area contributed by atoms with Crippen LogP contribution in [0.3, 0.4) is 0 Å². The lowest BCUT2D eigenvalue weighted by atomic mass is 10.1. The summed E-state index contributed by atoms with van der Waals surface area (Å²) in [6.07, 6.45) is 1.18. The maximum Gasteiger partial charge on any atom is 0.190 e. The third-order valence-electron chi connectivity index (χ3n) is 3.03. The summed E-state index contributed by atoms with van der Waals surface area (Å²) in [6.45, 7) is 3.98. The number of fused-ring (bicyclic) bond motifs is 1. The van der Waals surface area contributed by atoms with E-state index in [1.54, 1.807) is 4.88 Å². The molecule has 0 saturated carbocycles. The Bertz CT molecular complexity index is 397. The highest BCUT2D eigenvalue weighted by Crippen LogP contribution is 2.23. The fourth-order valence-corrected chi connectivity index (χ4v) is 2.83. The van der Waals surface area contributed by atoms with Gasteiger partial charge in [-0.2, -0.15) is 0 Å². The second-order valence-corrected chi connectivity index (χ2v) is 5.53. The first kappa shape index (κ1) is 12.4. The molecule has 1 aromatic rings. The van der Waals surface area contributed by atoms with E-state index in [0.29, 0.717) is 5.96 Å². The van der Waals surface area contributed by atoms with Crippen LogP contribution in [0, 0.1) is 0 Å². The van der Waals surface area contributed by atoms with Crippen molar-refractivity contribution in [3.8, 4) is 0 Å². The molecule has 2 heterocycles. The van der Waals surface area contributed by atoms with E-state index in [1.807, 2.05) is 30.3 Å². The first-order valence-corrected chi connectivity index (χ1v) is 6.79. The molecule has 1 aliphatic rings. The Balaban J connectivity index is 1.81. The van der Waals surface area contributed by atoms with Crippen LogP contribution in [-0.4, -0.2) is 49.5 Å². The maximum atomic E-state index is 5.75. The molecular formula is C12H20N4S. The summed E-state index contributed by atoms with van der Waals surface area (Å²) in [5, 5.41) is 2.19. The highest BCUT2D eigenvalue weighted by atomic mass is 32.1. The van der Waals surface area contributed by atoms with Crippen LogP contribution in [0.5, 0.6) is 0 Å². The zero-order valence-corrected chi connectivity index (χ0v) is 11.3. The average Bonchev–Trinajstić information content (AvgIpc) is 2.75. The number of thiophene rings is 1. The Morgan fingerprint density at radius 3 is 3.18 bits per heavy atom. The van der Waals surface area contributed by atoms with E-state index in [2.05, 4.69) is 21.3 Å². The zero-order chi connectivity index (χ0) is 12.3. The molecule has 0 unspecified atom stereocenters. The maximum absolute atomic E-state index is 5.75. The van der Waals surface area contributed by atoms with Gasteiger partial charge in [-0.15, -0.1) is 11.3 Å². The normalized spacial score (nSPS) is 16.9. The lowest BCUT2D eigenvalue weighted by Gasteiger charge is -2.26. The van der Waals surface area contributed by atoms with Crippen molar-refractivity contribution in [1.82, 2.24) is 9.80 Å². The Morgan fingerprint density at radius 2 is 2.41 bits per heavy atom. The van der Waals surface area contributed by atoms with Crippen LogP contribution in [0.15, 0.2) is 16.4 Å². The van der Waals surface area contributed by atoms with Crippen molar-refractivity contribution in [2.24, 2.45) is 10.7 Å². The Morgan fingerprint density at radius 1 is 1.59 bits per heavy atom. The number of nitrogens with two attached hydrogens (primary N) is 1. The molecule has 0 fully saturated rings. The molecule has 0 bridgehead atoms. The highest BCUT2D eigenvalue weighted by molar-refractivity contribution is 7.10. The SMILES string of the molecule is CN(C)C(N)=NCCN1CCc2sccc2C1. The summed E-state index contributed by atoms with van der Waals surface area (Å²) in [5.41, 5.74) is 7.24. The van der Waals surface area contributed by atoms with E-state index in [4.69, 9.17) is 5.73 Å². The van der Waals surface area contributed by atoms with Crippen LogP contribution in [0.1, 0.15) is 10.4 Å². The van der Waals surface area contributed by atoms with Crippen molar-refractivity contribution in [2.75, 3.05) is 33.7 Å². The second kappa shape index (κ2) is 5.51. The van der Waals surface area contributed by atoms with Gasteiger partial charge >= 0.3 is 0 Å². The monoisotopic (exact) mass is 252 g/mol. The van der Waals surface area contributed by atoms with E-state index in [0.717, 1.165) is 26.2 Å². The quantitative estimate of drug-likeness (QED) is 0.644. The number of guanidine groups is 1. The molecule has 17 heavy (non-hydrogen) atoms. The summed E-state index contributed by atoms with van der Waals surface area (Å²) >= 11 is 1.88. The van der Waals surface area contributed by atoms with Gasteiger partial charge in [0.25, 0.3) is 0 Å². The van der Waals surface area contributed by atoms with Crippen molar-refractivity contribution in [3.05, 3.63) is 21.9 Å². The minimum absolute atomic E-state index is 0.609. The van der Waals surface area contributed by atoms with Crippen LogP contribution in [0.2, 0.25) is 0 Å². The van der Waals surface area contributed by atoms with Crippen molar-refractivity contribution >= 4 is 17.3 Å². The van der Waals surface area contributed by atoms with E-state index >= 15 is 0 Å². The van der Waals surface area contributed by atoms with E-state index in [9.17, 15) is 0 Å². The second-order valence-electron chi connectivity index (χ2n) is 4.53. The van der Waals surface area contributed by atoms with E-state index in [-0.39, 0.29) is 0 Å². The summed E-state index contributed by atoms with van der Waals surface area (Å²) in [7, 11) is 3.83. The fraction of sp³-hybridized carbons (Fsp3) is 0.583. The van der Waals surface area contributed by atoms with E-state index in [1.165, 1.54) is 12.0 Å². The van der Waals surface area contributed by atoms with Gasteiger partial charge in [-0.1, -0.05) is 0 Å². The van der Waals surface area contributed by atoms with Gasteiger partial charge in [-0.3, -0.25) is 9.89 Å². The summed E-state index contributed by atoms with van der Waals surface area (Å²) in [6, 6.07) is 2.24. The molecule has 0 atom stereocenters. The number of hydrogen-bond donors (Lipinski definition) is 1. The minimum atomic E-state index is 0.609. The molecule has 5 heteroatoms. The fourth-order valence-electron chi connectivity index (χ4n) is 1.95. The number of hydrogen-bond acceptors (Lipinski definition) is 3. The molecule has 0 aromatic carbocycles. The first-order chi connectivity index (χ1) is 8.16. The first-order valence-electron chi connectivity index (χ1n) is 5.91. The molecule has 0 radical (unpaired) electrons. The zero-order valence-electron chi connectivity index (χ0n) is 10.5. The smallest absolute Gasteiger partial charge is 0.190 e. The van der Waals surface area contributed by atoms with Gasteiger partial charge in [0, 0.05) is 38.6 Å². The molecule has 2 N–H and O–H groups in total. The summed E-state index contributed by atoms with van der Waals surface area (Å²) < 4.78 is 0. The lowest BCUT2D eigenvalue weighted by molar-refractivity contribution is 0.263. The third kappa shape index (κ3) is 3.20. The molecule has 1 aliphatic heterocycles. The van der Waals surface area contributed by atoms with Gasteiger partial charge in [-0.25, -0.2) is 0 Å². The van der Waals surface area contributed by atoms with Gasteiger partial charge < -0.3 is 10.6 Å². The average molecular weight is 252 g/mol. The Hall–Kier alpha value is -1.07. The Kier molecular flexibility index (Phi) is 4.02. The van der Waals surface area contributed by atoms with Crippen LogP contribution in [-0.2, 0) is 13.0 Å². The van der Waals surface area contributed by atoms with Crippen molar-refractivity contribution < 1.29 is 0 Å². The number of aliphatic imine (C=N–C) groups is 1. The topological polar surface area (TPSA) is 44.9 Å². The molecule has 1 aromatic heterocycles. The predicted octanol–water partition coefficient (Wildman–Crippen LogP) is 0.983. The van der Waals surface area contributed by atoms with Crippen molar-refractivity contribution in [3.63, 3.8) is 0 Å². The largest absolute Gasteiger partial charge is 0.370 e. The van der Waals surface area contributed by atoms with Crippen LogP contribution >= 0.6 is 11.3 Å². The molecule has 4 nitrogen and oxygen atoms in total. The molecule has 2 rings (SSSR count).